The lowest BCUT2D eigenvalue weighted by Crippen LogP contribution is -2.28. The van der Waals surface area contributed by atoms with Crippen LogP contribution in [0, 0.1) is 18.6 Å². The number of anilines is 1. The van der Waals surface area contributed by atoms with Gasteiger partial charge in [-0.15, -0.1) is 0 Å². The number of hydrogen-bond donors (Lipinski definition) is 1. The highest BCUT2D eigenvalue weighted by atomic mass is 19.1. The van der Waals surface area contributed by atoms with Crippen molar-refractivity contribution in [1.29, 1.82) is 0 Å². The predicted octanol–water partition coefficient (Wildman–Crippen LogP) is 5.24. The molecular formula is C22H25F2N3. The van der Waals surface area contributed by atoms with Gasteiger partial charge in [0.05, 0.1) is 0 Å². The Morgan fingerprint density at radius 2 is 1.74 bits per heavy atom. The number of hydrogen-bond acceptors (Lipinski definition) is 3. The zero-order valence-corrected chi connectivity index (χ0v) is 16.0. The Balaban J connectivity index is 2.01. The number of fused-ring (bicyclic) bond motifs is 1. The molecule has 0 bridgehead atoms. The van der Waals surface area contributed by atoms with E-state index in [4.69, 9.17) is 0 Å². The van der Waals surface area contributed by atoms with Crippen molar-refractivity contribution >= 4 is 16.6 Å². The summed E-state index contributed by atoms with van der Waals surface area (Å²) >= 11 is 0. The van der Waals surface area contributed by atoms with E-state index in [1.807, 2.05) is 25.1 Å². The molecule has 0 saturated heterocycles. The summed E-state index contributed by atoms with van der Waals surface area (Å²) < 4.78 is 27.5. The van der Waals surface area contributed by atoms with Crippen LogP contribution in [-0.4, -0.2) is 36.1 Å². The third kappa shape index (κ3) is 4.25. The number of aryl methyl sites for hydroxylation is 1. The van der Waals surface area contributed by atoms with Crippen LogP contribution in [0.15, 0.2) is 42.6 Å². The average Bonchev–Trinajstić information content (AvgIpc) is 2.65. The number of nitrogens with one attached hydrogen (secondary N) is 1. The minimum absolute atomic E-state index is 0.494. The van der Waals surface area contributed by atoms with E-state index in [9.17, 15) is 8.78 Å². The molecule has 0 unspecified atom stereocenters. The van der Waals surface area contributed by atoms with Gasteiger partial charge in [0.2, 0.25) is 0 Å². The SMILES string of the molecule is CCN(CC)CCNc1ncc(-c2cc(F)cc(F)c2)c2c(C)cccc12. The van der Waals surface area contributed by atoms with Gasteiger partial charge in [0, 0.05) is 36.3 Å². The van der Waals surface area contributed by atoms with Crippen LogP contribution in [0.4, 0.5) is 14.6 Å². The first kappa shape index (κ1) is 19.2. The molecule has 0 atom stereocenters. The fraction of sp³-hybridized carbons (Fsp3) is 0.318. The van der Waals surface area contributed by atoms with E-state index in [-0.39, 0.29) is 0 Å². The number of aromatic nitrogens is 1. The molecule has 1 heterocycles. The summed E-state index contributed by atoms with van der Waals surface area (Å²) in [5.41, 5.74) is 2.27. The molecule has 0 radical (unpaired) electrons. The van der Waals surface area contributed by atoms with Crippen molar-refractivity contribution in [2.45, 2.75) is 20.8 Å². The van der Waals surface area contributed by atoms with Crippen molar-refractivity contribution in [3.8, 4) is 11.1 Å². The second kappa shape index (κ2) is 8.44. The molecular weight excluding hydrogens is 344 g/mol. The summed E-state index contributed by atoms with van der Waals surface area (Å²) in [4.78, 5) is 6.90. The molecule has 1 N–H and O–H groups in total. The third-order valence-corrected chi connectivity index (χ3v) is 4.91. The Morgan fingerprint density at radius 1 is 1.04 bits per heavy atom. The molecule has 5 heteroatoms. The van der Waals surface area contributed by atoms with E-state index in [1.54, 1.807) is 6.20 Å². The van der Waals surface area contributed by atoms with Gasteiger partial charge in [-0.05, 0) is 48.7 Å². The summed E-state index contributed by atoms with van der Waals surface area (Å²) in [6, 6.07) is 9.55. The van der Waals surface area contributed by atoms with Crippen LogP contribution in [0.2, 0.25) is 0 Å². The predicted molar refractivity (Wildman–Crippen MR) is 108 cm³/mol. The molecule has 0 aliphatic rings. The standard InChI is InChI=1S/C22H25F2N3/c1-4-27(5-2)10-9-25-22-19-8-6-7-15(3)21(19)20(14-26-22)16-11-17(23)13-18(24)12-16/h6-8,11-14H,4-5,9-10H2,1-3H3,(H,25,26). The van der Waals surface area contributed by atoms with Crippen LogP contribution in [-0.2, 0) is 0 Å². The highest BCUT2D eigenvalue weighted by Crippen LogP contribution is 2.34. The molecule has 0 amide bonds. The Bertz CT molecular complexity index is 916. The van der Waals surface area contributed by atoms with Crippen LogP contribution >= 0.6 is 0 Å². The first-order valence-corrected chi connectivity index (χ1v) is 9.34. The Hall–Kier alpha value is -2.53. The zero-order valence-electron chi connectivity index (χ0n) is 16.0. The molecule has 3 aromatic rings. The number of nitrogens with zero attached hydrogens (tertiary/aromatic N) is 2. The minimum Gasteiger partial charge on any atom is -0.368 e. The molecule has 2 aromatic carbocycles. The van der Waals surface area contributed by atoms with Gasteiger partial charge in [-0.1, -0.05) is 32.0 Å². The summed E-state index contributed by atoms with van der Waals surface area (Å²) in [7, 11) is 0. The van der Waals surface area contributed by atoms with Crippen molar-refractivity contribution < 1.29 is 8.78 Å². The maximum atomic E-state index is 13.7. The van der Waals surface area contributed by atoms with Gasteiger partial charge >= 0.3 is 0 Å². The lowest BCUT2D eigenvalue weighted by atomic mass is 9.97. The summed E-state index contributed by atoms with van der Waals surface area (Å²) in [5.74, 6) is -0.386. The number of likely N-dealkylation sites (N-methyl/N-ethyl adjacent to an activating group) is 1. The van der Waals surface area contributed by atoms with Gasteiger partial charge in [-0.3, -0.25) is 0 Å². The van der Waals surface area contributed by atoms with E-state index < -0.39 is 11.6 Å². The quantitative estimate of drug-likeness (QED) is 0.617. The average molecular weight is 369 g/mol. The van der Waals surface area contributed by atoms with Crippen molar-refractivity contribution in [1.82, 2.24) is 9.88 Å². The van der Waals surface area contributed by atoms with E-state index in [0.29, 0.717) is 5.56 Å². The molecule has 0 saturated carbocycles. The van der Waals surface area contributed by atoms with Crippen LogP contribution in [0.3, 0.4) is 0 Å². The smallest absolute Gasteiger partial charge is 0.133 e. The lowest BCUT2D eigenvalue weighted by molar-refractivity contribution is 0.316. The van der Waals surface area contributed by atoms with E-state index >= 15 is 0 Å². The maximum absolute atomic E-state index is 13.7. The van der Waals surface area contributed by atoms with Crippen LogP contribution < -0.4 is 5.32 Å². The van der Waals surface area contributed by atoms with Crippen LogP contribution in [0.25, 0.3) is 21.9 Å². The summed E-state index contributed by atoms with van der Waals surface area (Å²) in [6.45, 7) is 10.0. The second-order valence-electron chi connectivity index (χ2n) is 6.63. The van der Waals surface area contributed by atoms with Crippen LogP contribution in [0.5, 0.6) is 0 Å². The van der Waals surface area contributed by atoms with Crippen molar-refractivity contribution in [2.75, 3.05) is 31.5 Å². The van der Waals surface area contributed by atoms with Gasteiger partial charge in [-0.2, -0.15) is 0 Å². The highest BCUT2D eigenvalue weighted by Gasteiger charge is 2.13. The molecule has 27 heavy (non-hydrogen) atoms. The zero-order chi connectivity index (χ0) is 19.4. The molecule has 3 nitrogen and oxygen atoms in total. The molecule has 0 fully saturated rings. The summed E-state index contributed by atoms with van der Waals surface area (Å²) in [6.07, 6.45) is 1.70. The van der Waals surface area contributed by atoms with Gasteiger partial charge < -0.3 is 10.2 Å². The van der Waals surface area contributed by atoms with E-state index in [1.165, 1.54) is 12.1 Å². The van der Waals surface area contributed by atoms with Gasteiger partial charge in [0.15, 0.2) is 0 Å². The first-order valence-electron chi connectivity index (χ1n) is 9.34. The number of pyridine rings is 1. The fourth-order valence-corrected chi connectivity index (χ4v) is 3.43. The molecule has 1 aromatic heterocycles. The largest absolute Gasteiger partial charge is 0.368 e. The maximum Gasteiger partial charge on any atom is 0.133 e. The third-order valence-electron chi connectivity index (χ3n) is 4.91. The van der Waals surface area contributed by atoms with Crippen LogP contribution in [0.1, 0.15) is 19.4 Å². The first-order chi connectivity index (χ1) is 13.0. The Morgan fingerprint density at radius 3 is 2.41 bits per heavy atom. The number of rotatable bonds is 7. The van der Waals surface area contributed by atoms with Crippen molar-refractivity contribution in [3.63, 3.8) is 0 Å². The molecule has 142 valence electrons. The van der Waals surface area contributed by atoms with Crippen molar-refractivity contribution in [2.24, 2.45) is 0 Å². The molecule has 0 aliphatic heterocycles. The summed E-state index contributed by atoms with van der Waals surface area (Å²) in [5, 5.41) is 5.33. The van der Waals surface area contributed by atoms with Gasteiger partial charge in [0.1, 0.15) is 17.5 Å². The van der Waals surface area contributed by atoms with Gasteiger partial charge in [-0.25, -0.2) is 13.8 Å². The number of benzene rings is 2. The fourth-order valence-electron chi connectivity index (χ4n) is 3.43. The molecule has 3 rings (SSSR count). The van der Waals surface area contributed by atoms with Gasteiger partial charge in [0.25, 0.3) is 0 Å². The molecule has 0 aliphatic carbocycles. The minimum atomic E-state index is -0.590. The van der Waals surface area contributed by atoms with E-state index in [2.05, 4.69) is 29.0 Å². The monoisotopic (exact) mass is 369 g/mol. The topological polar surface area (TPSA) is 28.2 Å². The van der Waals surface area contributed by atoms with E-state index in [0.717, 1.165) is 60.0 Å². The number of halogens is 2. The lowest BCUT2D eigenvalue weighted by Gasteiger charge is -2.19. The molecule has 0 spiro atoms. The Kier molecular flexibility index (Phi) is 6.01. The second-order valence-corrected chi connectivity index (χ2v) is 6.63. The van der Waals surface area contributed by atoms with Crippen molar-refractivity contribution in [3.05, 3.63) is 59.8 Å². The highest BCUT2D eigenvalue weighted by molar-refractivity contribution is 6.03. The Labute approximate surface area is 159 Å². The normalized spacial score (nSPS) is 11.3.